The molecule has 2 heteroatoms. The topological polar surface area (TPSA) is 20.3 Å². The van der Waals surface area contributed by atoms with Crippen molar-refractivity contribution in [2.45, 2.75) is 59.0 Å². The molecule has 76 valence electrons. The Kier molecular flexibility index (Phi) is 3.34. The van der Waals surface area contributed by atoms with Crippen molar-refractivity contribution >= 4 is 5.91 Å². The van der Waals surface area contributed by atoms with Gasteiger partial charge in [-0.15, -0.1) is 0 Å². The summed E-state index contributed by atoms with van der Waals surface area (Å²) < 4.78 is 0. The molecule has 0 N–H and O–H groups in total. The molecule has 0 aromatic carbocycles. The van der Waals surface area contributed by atoms with E-state index in [2.05, 4.69) is 32.6 Å². The highest BCUT2D eigenvalue weighted by atomic mass is 16.2. The Morgan fingerprint density at radius 1 is 1.38 bits per heavy atom. The molecule has 0 bridgehead atoms. The Morgan fingerprint density at radius 2 is 2.00 bits per heavy atom. The third-order valence-corrected chi connectivity index (χ3v) is 2.67. The van der Waals surface area contributed by atoms with E-state index < -0.39 is 0 Å². The first-order valence-electron chi connectivity index (χ1n) is 5.33. The minimum absolute atomic E-state index is 0.348. The molecule has 1 amide bonds. The van der Waals surface area contributed by atoms with E-state index in [9.17, 15) is 4.79 Å². The number of rotatable bonds is 3. The van der Waals surface area contributed by atoms with Gasteiger partial charge in [0, 0.05) is 18.5 Å². The summed E-state index contributed by atoms with van der Waals surface area (Å²) in [6.07, 6.45) is 2.98. The molecule has 0 spiro atoms. The largest absolute Gasteiger partial charge is 0.337 e. The van der Waals surface area contributed by atoms with Crippen LogP contribution in [0.2, 0.25) is 0 Å². The highest BCUT2D eigenvalue weighted by molar-refractivity contribution is 5.79. The number of amides is 1. The molecule has 1 atom stereocenters. The average Bonchev–Trinajstić information content (AvgIpc) is 2.30. The molecular formula is C11H21NO. The first kappa shape index (κ1) is 10.6. The lowest BCUT2D eigenvalue weighted by Gasteiger charge is -2.29. The van der Waals surface area contributed by atoms with Gasteiger partial charge >= 0.3 is 0 Å². The van der Waals surface area contributed by atoms with Gasteiger partial charge in [-0.05, 0) is 32.6 Å². The van der Waals surface area contributed by atoms with Gasteiger partial charge in [0.05, 0.1) is 0 Å². The highest BCUT2D eigenvalue weighted by Gasteiger charge is 2.32. The quantitative estimate of drug-likeness (QED) is 0.658. The van der Waals surface area contributed by atoms with Crippen LogP contribution in [-0.4, -0.2) is 22.9 Å². The second-order valence-corrected chi connectivity index (χ2v) is 4.72. The second-order valence-electron chi connectivity index (χ2n) is 4.72. The molecule has 0 aromatic rings. The lowest BCUT2D eigenvalue weighted by Crippen LogP contribution is -2.39. The van der Waals surface area contributed by atoms with Crippen LogP contribution in [-0.2, 0) is 4.79 Å². The summed E-state index contributed by atoms with van der Waals surface area (Å²) in [6.45, 7) is 8.66. The van der Waals surface area contributed by atoms with Crippen LogP contribution in [0.3, 0.4) is 0 Å². The van der Waals surface area contributed by atoms with Gasteiger partial charge in [-0.1, -0.05) is 13.8 Å². The van der Waals surface area contributed by atoms with Crippen molar-refractivity contribution in [3.8, 4) is 0 Å². The number of likely N-dealkylation sites (tertiary alicyclic amines) is 1. The van der Waals surface area contributed by atoms with Crippen LogP contribution in [0.25, 0.3) is 0 Å². The molecule has 1 aliphatic rings. The molecule has 1 aliphatic heterocycles. The van der Waals surface area contributed by atoms with Crippen molar-refractivity contribution in [2.75, 3.05) is 0 Å². The van der Waals surface area contributed by atoms with E-state index >= 15 is 0 Å². The minimum atomic E-state index is 0.348. The van der Waals surface area contributed by atoms with Gasteiger partial charge in [0.1, 0.15) is 0 Å². The van der Waals surface area contributed by atoms with Crippen molar-refractivity contribution in [1.29, 1.82) is 0 Å². The van der Waals surface area contributed by atoms with E-state index in [1.54, 1.807) is 0 Å². The molecule has 0 saturated carbocycles. The van der Waals surface area contributed by atoms with Gasteiger partial charge in [0.2, 0.25) is 5.91 Å². The van der Waals surface area contributed by atoms with Crippen LogP contribution in [0.1, 0.15) is 47.0 Å². The second kappa shape index (κ2) is 4.12. The lowest BCUT2D eigenvalue weighted by molar-refractivity contribution is -0.130. The van der Waals surface area contributed by atoms with Gasteiger partial charge in [-0.3, -0.25) is 4.79 Å². The summed E-state index contributed by atoms with van der Waals surface area (Å²) >= 11 is 0. The SMILES string of the molecule is CC(C)CC1CCC(=O)N1C(C)C. The Labute approximate surface area is 81.3 Å². The van der Waals surface area contributed by atoms with E-state index in [0.29, 0.717) is 23.9 Å². The number of hydrogen-bond donors (Lipinski definition) is 0. The van der Waals surface area contributed by atoms with Crippen molar-refractivity contribution in [3.05, 3.63) is 0 Å². The zero-order chi connectivity index (χ0) is 10.0. The first-order chi connectivity index (χ1) is 6.02. The van der Waals surface area contributed by atoms with Gasteiger partial charge in [-0.2, -0.15) is 0 Å². The summed E-state index contributed by atoms with van der Waals surface area (Å²) in [5.74, 6) is 1.04. The molecule has 0 aliphatic carbocycles. The standard InChI is InChI=1S/C11H21NO/c1-8(2)7-10-5-6-11(13)12(10)9(3)4/h8-10H,5-7H2,1-4H3. The van der Waals surface area contributed by atoms with Crippen LogP contribution < -0.4 is 0 Å². The fourth-order valence-corrected chi connectivity index (χ4v) is 2.25. The van der Waals surface area contributed by atoms with Crippen LogP contribution in [0.15, 0.2) is 0 Å². The molecular weight excluding hydrogens is 162 g/mol. The van der Waals surface area contributed by atoms with Crippen molar-refractivity contribution in [2.24, 2.45) is 5.92 Å². The lowest BCUT2D eigenvalue weighted by atomic mass is 10.0. The van der Waals surface area contributed by atoms with E-state index in [-0.39, 0.29) is 0 Å². The molecule has 1 heterocycles. The summed E-state index contributed by atoms with van der Waals surface area (Å²) in [7, 11) is 0. The number of hydrogen-bond acceptors (Lipinski definition) is 1. The van der Waals surface area contributed by atoms with Crippen molar-refractivity contribution in [1.82, 2.24) is 4.90 Å². The minimum Gasteiger partial charge on any atom is -0.337 e. The maximum absolute atomic E-state index is 11.5. The predicted molar refractivity (Wildman–Crippen MR) is 54.5 cm³/mol. The molecule has 13 heavy (non-hydrogen) atoms. The van der Waals surface area contributed by atoms with E-state index in [0.717, 1.165) is 19.3 Å². The molecule has 1 rings (SSSR count). The Bertz CT molecular complexity index is 187. The monoisotopic (exact) mass is 183 g/mol. The normalized spacial score (nSPS) is 23.7. The van der Waals surface area contributed by atoms with Gasteiger partial charge in [0.15, 0.2) is 0 Å². The fourth-order valence-electron chi connectivity index (χ4n) is 2.25. The zero-order valence-electron chi connectivity index (χ0n) is 9.21. The molecule has 2 nitrogen and oxygen atoms in total. The van der Waals surface area contributed by atoms with Crippen molar-refractivity contribution in [3.63, 3.8) is 0 Å². The van der Waals surface area contributed by atoms with Gasteiger partial charge in [0.25, 0.3) is 0 Å². The van der Waals surface area contributed by atoms with Crippen LogP contribution >= 0.6 is 0 Å². The number of nitrogens with zero attached hydrogens (tertiary/aromatic N) is 1. The molecule has 0 radical (unpaired) electrons. The maximum atomic E-state index is 11.5. The summed E-state index contributed by atoms with van der Waals surface area (Å²) in [5.41, 5.74) is 0. The van der Waals surface area contributed by atoms with E-state index in [4.69, 9.17) is 0 Å². The molecule has 1 saturated heterocycles. The van der Waals surface area contributed by atoms with Crippen molar-refractivity contribution < 1.29 is 4.79 Å². The highest BCUT2D eigenvalue weighted by Crippen LogP contribution is 2.26. The van der Waals surface area contributed by atoms with E-state index in [1.165, 1.54) is 0 Å². The number of carbonyl (C=O) groups is 1. The average molecular weight is 183 g/mol. The summed E-state index contributed by atoms with van der Waals surface area (Å²) in [6, 6.07) is 0.881. The third kappa shape index (κ3) is 2.45. The summed E-state index contributed by atoms with van der Waals surface area (Å²) in [4.78, 5) is 13.6. The number of carbonyl (C=O) groups excluding carboxylic acids is 1. The molecule has 0 aromatic heterocycles. The Morgan fingerprint density at radius 3 is 2.46 bits per heavy atom. The zero-order valence-corrected chi connectivity index (χ0v) is 9.21. The fraction of sp³-hybridized carbons (Fsp3) is 0.909. The third-order valence-electron chi connectivity index (χ3n) is 2.67. The molecule has 1 unspecified atom stereocenters. The summed E-state index contributed by atoms with van der Waals surface area (Å²) in [5, 5.41) is 0. The van der Waals surface area contributed by atoms with Gasteiger partial charge in [-0.25, -0.2) is 0 Å². The van der Waals surface area contributed by atoms with Crippen LogP contribution in [0.5, 0.6) is 0 Å². The Balaban J connectivity index is 2.59. The van der Waals surface area contributed by atoms with Gasteiger partial charge < -0.3 is 4.90 Å². The maximum Gasteiger partial charge on any atom is 0.223 e. The molecule has 1 fully saturated rings. The van der Waals surface area contributed by atoms with Crippen LogP contribution in [0, 0.1) is 5.92 Å². The predicted octanol–water partition coefficient (Wildman–Crippen LogP) is 2.43. The Hall–Kier alpha value is -0.530. The first-order valence-corrected chi connectivity index (χ1v) is 5.33. The smallest absolute Gasteiger partial charge is 0.223 e. The van der Waals surface area contributed by atoms with E-state index in [1.807, 2.05) is 0 Å². The van der Waals surface area contributed by atoms with Crippen LogP contribution in [0.4, 0.5) is 0 Å².